The largest absolute Gasteiger partial charge is 0.486 e. The maximum atomic E-state index is 12.4. The van der Waals surface area contributed by atoms with Crippen molar-refractivity contribution in [1.82, 2.24) is 5.43 Å². The number of aromatic carboxylic acids is 1. The van der Waals surface area contributed by atoms with Crippen LogP contribution in [-0.2, 0) is 6.61 Å². The smallest absolute Gasteiger partial charge is 0.335 e. The average molecular weight is 641 g/mol. The molecule has 0 saturated heterocycles. The summed E-state index contributed by atoms with van der Waals surface area (Å²) < 4.78 is 12.9. The van der Waals surface area contributed by atoms with E-state index in [2.05, 4.69) is 42.4 Å². The van der Waals surface area contributed by atoms with E-state index in [0.29, 0.717) is 15.6 Å². The molecule has 1 amide bonds. The van der Waals surface area contributed by atoms with Crippen molar-refractivity contribution >= 4 is 84.1 Å². The van der Waals surface area contributed by atoms with E-state index in [-0.39, 0.29) is 33.7 Å². The summed E-state index contributed by atoms with van der Waals surface area (Å²) in [5.74, 6) is -1.15. The highest BCUT2D eigenvalue weighted by atomic mass is 79.9. The molecule has 0 saturated carbocycles. The topological polar surface area (TPSA) is 101 Å². The van der Waals surface area contributed by atoms with Crippen LogP contribution in [0.15, 0.2) is 73.1 Å². The quantitative estimate of drug-likeness (QED) is 0.163. The third kappa shape index (κ3) is 6.05. The maximum Gasteiger partial charge on any atom is 0.335 e. The fraction of sp³-hybridized carbons (Fsp3) is 0.0417. The van der Waals surface area contributed by atoms with Gasteiger partial charge in [0.2, 0.25) is 0 Å². The molecule has 178 valence electrons. The van der Waals surface area contributed by atoms with Gasteiger partial charge in [0.15, 0.2) is 11.5 Å². The van der Waals surface area contributed by atoms with Crippen LogP contribution in [0.25, 0.3) is 11.0 Å². The van der Waals surface area contributed by atoms with Crippen molar-refractivity contribution in [2.45, 2.75) is 6.61 Å². The van der Waals surface area contributed by atoms with Crippen LogP contribution in [-0.4, -0.2) is 23.2 Å². The summed E-state index contributed by atoms with van der Waals surface area (Å²) in [5.41, 5.74) is 4.43. The highest BCUT2D eigenvalue weighted by molar-refractivity contribution is 9.11. The van der Waals surface area contributed by atoms with Crippen molar-refractivity contribution in [3.63, 3.8) is 0 Å². The minimum Gasteiger partial charge on any atom is -0.486 e. The molecule has 11 heteroatoms. The zero-order valence-corrected chi connectivity index (χ0v) is 22.2. The zero-order chi connectivity index (χ0) is 25.1. The van der Waals surface area contributed by atoms with E-state index in [1.807, 2.05) is 12.1 Å². The van der Waals surface area contributed by atoms with E-state index < -0.39 is 11.9 Å². The molecule has 1 aromatic heterocycles. The molecule has 0 aliphatic heterocycles. The Balaban J connectivity index is 1.40. The van der Waals surface area contributed by atoms with Crippen LogP contribution in [0.5, 0.6) is 5.75 Å². The number of amides is 1. The van der Waals surface area contributed by atoms with E-state index in [4.69, 9.17) is 37.5 Å². The predicted molar refractivity (Wildman–Crippen MR) is 141 cm³/mol. The summed E-state index contributed by atoms with van der Waals surface area (Å²) in [5, 5.41) is 14.2. The van der Waals surface area contributed by atoms with Gasteiger partial charge >= 0.3 is 11.9 Å². The molecule has 0 aliphatic rings. The van der Waals surface area contributed by atoms with Crippen molar-refractivity contribution in [1.29, 1.82) is 0 Å². The zero-order valence-electron chi connectivity index (χ0n) is 17.5. The molecular formula is C24H14Br2Cl2N2O5. The standard InChI is InChI=1S/C24H14Br2Cl2N2O5/c25-16-7-15-8-20(35-21(15)17(26)9-16)23(31)30-29-10-13-5-18(27)22(19(28)6-13)34-11-12-1-3-14(4-2-12)24(32)33/h1-10H,11H2,(H,30,31)(H,32,33)/b29-10-. The second-order valence-corrected chi connectivity index (χ2v) is 9.80. The van der Waals surface area contributed by atoms with Crippen LogP contribution in [0, 0.1) is 0 Å². The molecule has 2 N–H and O–H groups in total. The van der Waals surface area contributed by atoms with Gasteiger partial charge in [-0.1, -0.05) is 51.3 Å². The summed E-state index contributed by atoms with van der Waals surface area (Å²) in [6, 6.07) is 14.7. The molecule has 0 spiro atoms. The number of carboxylic acid groups (broad SMARTS) is 1. The number of nitrogens with one attached hydrogen (secondary N) is 1. The van der Waals surface area contributed by atoms with Gasteiger partial charge < -0.3 is 14.3 Å². The number of carbonyl (C=O) groups excluding carboxylic acids is 1. The van der Waals surface area contributed by atoms with Crippen LogP contribution in [0.1, 0.15) is 32.0 Å². The molecule has 0 bridgehead atoms. The first-order valence-electron chi connectivity index (χ1n) is 9.87. The van der Waals surface area contributed by atoms with Crippen LogP contribution in [0.3, 0.4) is 0 Å². The summed E-state index contributed by atoms with van der Waals surface area (Å²) in [6.45, 7) is 0.146. The van der Waals surface area contributed by atoms with Gasteiger partial charge in [-0.2, -0.15) is 5.10 Å². The number of nitrogens with zero attached hydrogens (tertiary/aromatic N) is 1. The lowest BCUT2D eigenvalue weighted by atomic mass is 10.1. The van der Waals surface area contributed by atoms with Gasteiger partial charge in [-0.3, -0.25) is 4.79 Å². The Labute approximate surface area is 225 Å². The molecule has 4 aromatic rings. The normalized spacial score (nSPS) is 11.2. The van der Waals surface area contributed by atoms with Gasteiger partial charge in [-0.15, -0.1) is 0 Å². The summed E-state index contributed by atoms with van der Waals surface area (Å²) in [6.07, 6.45) is 1.39. The average Bonchev–Trinajstić information content (AvgIpc) is 3.23. The Hall–Kier alpha value is -2.85. The predicted octanol–water partition coefficient (Wildman–Crippen LogP) is 7.31. The van der Waals surface area contributed by atoms with Gasteiger partial charge in [-0.25, -0.2) is 10.2 Å². The molecule has 3 aromatic carbocycles. The second kappa shape index (κ2) is 10.8. The van der Waals surface area contributed by atoms with E-state index >= 15 is 0 Å². The first-order valence-corrected chi connectivity index (χ1v) is 12.2. The molecule has 35 heavy (non-hydrogen) atoms. The Kier molecular flexibility index (Phi) is 7.81. The van der Waals surface area contributed by atoms with Gasteiger partial charge in [0.25, 0.3) is 0 Å². The van der Waals surface area contributed by atoms with Gasteiger partial charge in [0.1, 0.15) is 12.2 Å². The van der Waals surface area contributed by atoms with Crippen molar-refractivity contribution in [3.8, 4) is 5.75 Å². The third-order valence-electron chi connectivity index (χ3n) is 4.74. The first kappa shape index (κ1) is 25.2. The molecular weight excluding hydrogens is 627 g/mol. The molecule has 4 rings (SSSR count). The molecule has 0 atom stereocenters. The third-order valence-corrected chi connectivity index (χ3v) is 6.35. The minimum atomic E-state index is -1.00. The Morgan fingerprint density at radius 2 is 1.74 bits per heavy atom. The number of carbonyl (C=O) groups is 2. The monoisotopic (exact) mass is 638 g/mol. The molecule has 0 radical (unpaired) electrons. The van der Waals surface area contributed by atoms with Crippen molar-refractivity contribution < 1.29 is 23.8 Å². The number of fused-ring (bicyclic) bond motifs is 1. The number of benzene rings is 3. The Morgan fingerprint density at radius 1 is 1.06 bits per heavy atom. The highest BCUT2D eigenvalue weighted by Crippen LogP contribution is 2.34. The minimum absolute atomic E-state index is 0.104. The van der Waals surface area contributed by atoms with Crippen molar-refractivity contribution in [2.75, 3.05) is 0 Å². The number of carboxylic acids is 1. The Bertz CT molecular complexity index is 1450. The van der Waals surface area contributed by atoms with Crippen LogP contribution >= 0.6 is 55.1 Å². The highest BCUT2D eigenvalue weighted by Gasteiger charge is 2.15. The van der Waals surface area contributed by atoms with Gasteiger partial charge in [-0.05, 0) is 69.5 Å². The van der Waals surface area contributed by atoms with Crippen molar-refractivity contribution in [2.24, 2.45) is 5.10 Å². The second-order valence-electron chi connectivity index (χ2n) is 7.22. The van der Waals surface area contributed by atoms with Gasteiger partial charge in [0.05, 0.1) is 26.3 Å². The number of hydrazone groups is 1. The number of rotatable bonds is 7. The molecule has 0 unspecified atom stereocenters. The van der Waals surface area contributed by atoms with Crippen molar-refractivity contribution in [3.05, 3.63) is 96.0 Å². The van der Waals surface area contributed by atoms with Crippen LogP contribution < -0.4 is 10.2 Å². The molecule has 0 aliphatic carbocycles. The Morgan fingerprint density at radius 3 is 2.40 bits per heavy atom. The van der Waals surface area contributed by atoms with E-state index in [1.54, 1.807) is 30.3 Å². The van der Waals surface area contributed by atoms with Crippen LogP contribution in [0.2, 0.25) is 10.0 Å². The number of furan rings is 1. The van der Waals surface area contributed by atoms with E-state index in [0.717, 1.165) is 15.4 Å². The number of ether oxygens (including phenoxy) is 1. The lowest BCUT2D eigenvalue weighted by Gasteiger charge is -2.11. The molecule has 1 heterocycles. The SMILES string of the molecule is O=C(O)c1ccc(COc2c(Cl)cc(/C=N\NC(=O)c3cc4cc(Br)cc(Br)c4o3)cc2Cl)cc1. The number of hydrogen-bond acceptors (Lipinski definition) is 5. The number of hydrogen-bond donors (Lipinski definition) is 2. The maximum absolute atomic E-state index is 12.4. The van der Waals surface area contributed by atoms with Gasteiger partial charge in [0, 0.05) is 9.86 Å². The lowest BCUT2D eigenvalue weighted by molar-refractivity contribution is 0.0696. The summed E-state index contributed by atoms with van der Waals surface area (Å²) >= 11 is 19.4. The molecule has 0 fully saturated rings. The number of halogens is 4. The first-order chi connectivity index (χ1) is 16.7. The fourth-order valence-electron chi connectivity index (χ4n) is 3.10. The lowest BCUT2D eigenvalue weighted by Crippen LogP contribution is -2.16. The molecule has 7 nitrogen and oxygen atoms in total. The fourth-order valence-corrected chi connectivity index (χ4v) is 5.05. The summed E-state index contributed by atoms with van der Waals surface area (Å²) in [4.78, 5) is 23.4. The van der Waals surface area contributed by atoms with Crippen LogP contribution in [0.4, 0.5) is 0 Å². The van der Waals surface area contributed by atoms with E-state index in [9.17, 15) is 9.59 Å². The summed E-state index contributed by atoms with van der Waals surface area (Å²) in [7, 11) is 0. The van der Waals surface area contributed by atoms with E-state index in [1.165, 1.54) is 18.3 Å².